The number of hydrogen-bond donors (Lipinski definition) is 1. The topological polar surface area (TPSA) is 38.1 Å². The fourth-order valence-corrected chi connectivity index (χ4v) is 2.42. The van der Waals surface area contributed by atoms with E-state index >= 15 is 0 Å². The minimum atomic E-state index is -0.356. The fourth-order valence-electron chi connectivity index (χ4n) is 2.42. The molecular weight excluding hydrogens is 188 g/mol. The van der Waals surface area contributed by atoms with Crippen molar-refractivity contribution in [2.24, 2.45) is 13.0 Å². The lowest BCUT2D eigenvalue weighted by Gasteiger charge is -2.25. The van der Waals surface area contributed by atoms with Crippen molar-refractivity contribution in [2.75, 3.05) is 0 Å². The molecule has 84 valence electrons. The molecule has 0 bridgehead atoms. The van der Waals surface area contributed by atoms with Crippen LogP contribution in [-0.4, -0.2) is 14.9 Å². The molecule has 2 rings (SSSR count). The van der Waals surface area contributed by atoms with E-state index in [1.165, 1.54) is 19.3 Å². The maximum Gasteiger partial charge on any atom is 0.101 e. The molecule has 1 N–H and O–H groups in total. The number of aliphatic hydroxyl groups excluding tert-OH is 1. The van der Waals surface area contributed by atoms with Crippen LogP contribution in [0.1, 0.15) is 49.6 Å². The van der Waals surface area contributed by atoms with Gasteiger partial charge in [0.15, 0.2) is 0 Å². The van der Waals surface area contributed by atoms with Crippen molar-refractivity contribution in [2.45, 2.75) is 45.1 Å². The van der Waals surface area contributed by atoms with Crippen molar-refractivity contribution in [3.63, 3.8) is 0 Å². The molecule has 0 saturated heterocycles. The first-order chi connectivity index (χ1) is 7.18. The largest absolute Gasteiger partial charge is 0.386 e. The molecule has 1 heterocycles. The van der Waals surface area contributed by atoms with Crippen molar-refractivity contribution in [3.05, 3.63) is 17.5 Å². The van der Waals surface area contributed by atoms with E-state index in [0.29, 0.717) is 5.92 Å². The van der Waals surface area contributed by atoms with Crippen LogP contribution < -0.4 is 0 Å². The zero-order chi connectivity index (χ0) is 10.8. The molecule has 0 aliphatic heterocycles. The van der Waals surface area contributed by atoms with Crippen molar-refractivity contribution < 1.29 is 5.11 Å². The molecule has 0 unspecified atom stereocenters. The third-order valence-corrected chi connectivity index (χ3v) is 3.53. The van der Waals surface area contributed by atoms with E-state index in [0.717, 1.165) is 24.2 Å². The maximum absolute atomic E-state index is 10.2. The van der Waals surface area contributed by atoms with Crippen LogP contribution in [0.4, 0.5) is 0 Å². The molecule has 1 fully saturated rings. The van der Waals surface area contributed by atoms with Crippen LogP contribution in [0.2, 0.25) is 0 Å². The van der Waals surface area contributed by atoms with Gasteiger partial charge in [0, 0.05) is 12.7 Å². The molecule has 3 nitrogen and oxygen atoms in total. The second-order valence-corrected chi connectivity index (χ2v) is 4.68. The average molecular weight is 208 g/mol. The number of rotatable bonds is 2. The monoisotopic (exact) mass is 208 g/mol. The minimum Gasteiger partial charge on any atom is -0.386 e. The Bertz CT molecular complexity index is 307. The van der Waals surface area contributed by atoms with Crippen LogP contribution in [0.15, 0.2) is 6.07 Å². The fraction of sp³-hybridized carbons (Fsp3) is 0.750. The zero-order valence-electron chi connectivity index (χ0n) is 9.61. The maximum atomic E-state index is 10.2. The lowest BCUT2D eigenvalue weighted by molar-refractivity contribution is 0.0806. The molecule has 0 amide bonds. The third-order valence-electron chi connectivity index (χ3n) is 3.53. The second-order valence-electron chi connectivity index (χ2n) is 4.68. The molecule has 0 aromatic carbocycles. The van der Waals surface area contributed by atoms with Crippen molar-refractivity contribution in [1.82, 2.24) is 9.78 Å². The van der Waals surface area contributed by atoms with Gasteiger partial charge < -0.3 is 5.11 Å². The van der Waals surface area contributed by atoms with Gasteiger partial charge in [-0.3, -0.25) is 4.68 Å². The van der Waals surface area contributed by atoms with Crippen molar-refractivity contribution in [1.29, 1.82) is 0 Å². The zero-order valence-corrected chi connectivity index (χ0v) is 9.61. The van der Waals surface area contributed by atoms with Crippen LogP contribution in [0.5, 0.6) is 0 Å². The molecular formula is C12H20N2O. The summed E-state index contributed by atoms with van der Waals surface area (Å²) < 4.78 is 1.83. The van der Waals surface area contributed by atoms with Crippen molar-refractivity contribution >= 4 is 0 Å². The van der Waals surface area contributed by atoms with E-state index in [1.807, 2.05) is 24.7 Å². The first-order valence-corrected chi connectivity index (χ1v) is 5.87. The van der Waals surface area contributed by atoms with Gasteiger partial charge in [0.05, 0.1) is 5.69 Å². The van der Waals surface area contributed by atoms with E-state index in [4.69, 9.17) is 0 Å². The predicted molar refractivity (Wildman–Crippen MR) is 59.5 cm³/mol. The van der Waals surface area contributed by atoms with Crippen LogP contribution in [0.3, 0.4) is 0 Å². The van der Waals surface area contributed by atoms with Gasteiger partial charge in [0.2, 0.25) is 0 Å². The molecule has 0 spiro atoms. The molecule has 1 aromatic heterocycles. The molecule has 1 saturated carbocycles. The number of aromatic nitrogens is 2. The second kappa shape index (κ2) is 4.35. The summed E-state index contributed by atoms with van der Waals surface area (Å²) in [6.07, 6.45) is 5.78. The van der Waals surface area contributed by atoms with Gasteiger partial charge in [-0.1, -0.05) is 19.3 Å². The normalized spacial score (nSPS) is 20.5. The molecule has 1 aromatic rings. The summed E-state index contributed by atoms with van der Waals surface area (Å²) in [5.41, 5.74) is 1.96. The standard InChI is InChI=1S/C12H20N2O/c1-9-8-11(13-14(9)2)12(15)10-6-4-3-5-7-10/h8,10,12,15H,3-7H2,1-2H3/t12-/m1/s1. The van der Waals surface area contributed by atoms with Gasteiger partial charge in [-0.05, 0) is 31.7 Å². The summed E-state index contributed by atoms with van der Waals surface area (Å²) >= 11 is 0. The summed E-state index contributed by atoms with van der Waals surface area (Å²) in [6, 6.07) is 2.00. The first-order valence-electron chi connectivity index (χ1n) is 5.87. The van der Waals surface area contributed by atoms with Crippen LogP contribution in [0.25, 0.3) is 0 Å². The Kier molecular flexibility index (Phi) is 3.10. The quantitative estimate of drug-likeness (QED) is 0.810. The molecule has 1 atom stereocenters. The highest BCUT2D eigenvalue weighted by atomic mass is 16.3. The van der Waals surface area contributed by atoms with Gasteiger partial charge >= 0.3 is 0 Å². The summed E-state index contributed by atoms with van der Waals surface area (Å²) in [6.45, 7) is 2.02. The van der Waals surface area contributed by atoms with Gasteiger partial charge in [-0.15, -0.1) is 0 Å². The lowest BCUT2D eigenvalue weighted by atomic mass is 9.84. The smallest absolute Gasteiger partial charge is 0.101 e. The van der Waals surface area contributed by atoms with Gasteiger partial charge in [-0.2, -0.15) is 5.10 Å². The van der Waals surface area contributed by atoms with Crippen LogP contribution >= 0.6 is 0 Å². The number of aryl methyl sites for hydroxylation is 2. The molecule has 0 radical (unpaired) electrons. The minimum absolute atomic E-state index is 0.356. The summed E-state index contributed by atoms with van der Waals surface area (Å²) in [4.78, 5) is 0. The Balaban J connectivity index is 2.08. The molecule has 1 aliphatic carbocycles. The van der Waals surface area contributed by atoms with Gasteiger partial charge in [-0.25, -0.2) is 0 Å². The van der Waals surface area contributed by atoms with E-state index in [-0.39, 0.29) is 6.10 Å². The molecule has 15 heavy (non-hydrogen) atoms. The van der Waals surface area contributed by atoms with Gasteiger partial charge in [0.1, 0.15) is 6.10 Å². The third kappa shape index (κ3) is 2.23. The van der Waals surface area contributed by atoms with E-state index < -0.39 is 0 Å². The van der Waals surface area contributed by atoms with Crippen LogP contribution in [-0.2, 0) is 7.05 Å². The highest BCUT2D eigenvalue weighted by Crippen LogP contribution is 2.33. The first kappa shape index (κ1) is 10.7. The number of aliphatic hydroxyl groups is 1. The van der Waals surface area contributed by atoms with E-state index in [2.05, 4.69) is 5.10 Å². The van der Waals surface area contributed by atoms with E-state index in [1.54, 1.807) is 0 Å². The Morgan fingerprint density at radius 3 is 2.60 bits per heavy atom. The summed E-state index contributed by atoms with van der Waals surface area (Å²) in [5, 5.41) is 14.6. The Hall–Kier alpha value is -0.830. The van der Waals surface area contributed by atoms with Crippen molar-refractivity contribution in [3.8, 4) is 0 Å². The average Bonchev–Trinajstić information content (AvgIpc) is 2.59. The Morgan fingerprint density at radius 2 is 2.07 bits per heavy atom. The molecule has 3 heteroatoms. The lowest BCUT2D eigenvalue weighted by Crippen LogP contribution is -2.16. The highest BCUT2D eigenvalue weighted by molar-refractivity contribution is 5.11. The van der Waals surface area contributed by atoms with E-state index in [9.17, 15) is 5.11 Å². The number of hydrogen-bond acceptors (Lipinski definition) is 2. The molecule has 1 aliphatic rings. The van der Waals surface area contributed by atoms with Crippen LogP contribution in [0, 0.1) is 12.8 Å². The number of nitrogens with zero attached hydrogens (tertiary/aromatic N) is 2. The SMILES string of the molecule is Cc1cc([C@H](O)C2CCCCC2)nn1C. The predicted octanol–water partition coefficient (Wildman–Crippen LogP) is 2.34. The summed E-state index contributed by atoms with van der Waals surface area (Å²) in [7, 11) is 1.92. The van der Waals surface area contributed by atoms with Gasteiger partial charge in [0.25, 0.3) is 0 Å². The summed E-state index contributed by atoms with van der Waals surface area (Å²) in [5.74, 6) is 0.424. The Labute approximate surface area is 91.1 Å². The highest BCUT2D eigenvalue weighted by Gasteiger charge is 2.24. The Morgan fingerprint density at radius 1 is 1.40 bits per heavy atom.